The smallest absolute Gasteiger partial charge is 0.545 e. The number of carbonyl (C=O) groups excluding carboxylic acids is 2. The Labute approximate surface area is 216 Å². The number of hydrogen-bond donors (Lipinski definition) is 1. The molecule has 0 aromatic carbocycles. The molecule has 0 saturated carbocycles. The monoisotopic (exact) mass is 484 g/mol. The van der Waals surface area contributed by atoms with Gasteiger partial charge in [0.25, 0.3) is 10.1 Å². The molecule has 0 fully saturated rings. The second-order valence-corrected chi connectivity index (χ2v) is 9.74. The van der Waals surface area contributed by atoms with Crippen molar-refractivity contribution < 1.29 is 62.0 Å². The predicted molar refractivity (Wildman–Crippen MR) is 120 cm³/mol. The molecule has 0 aliphatic heterocycles. The molecule has 0 aliphatic rings. The van der Waals surface area contributed by atoms with Crippen LogP contribution in [0.1, 0.15) is 110 Å². The molecule has 0 aliphatic carbocycles. The van der Waals surface area contributed by atoms with E-state index < -0.39 is 33.9 Å². The zero-order valence-corrected chi connectivity index (χ0v) is 22.9. The minimum atomic E-state index is -4.06. The second-order valence-electron chi connectivity index (χ2n) is 8.17. The molecule has 9 heteroatoms. The van der Waals surface area contributed by atoms with Gasteiger partial charge >= 0.3 is 35.5 Å². The maximum atomic E-state index is 11.7. The van der Waals surface area contributed by atoms with Gasteiger partial charge in [-0.2, -0.15) is 8.42 Å². The number of aliphatic carboxylic acids is 1. The van der Waals surface area contributed by atoms with E-state index in [0.717, 1.165) is 25.3 Å². The van der Waals surface area contributed by atoms with Crippen molar-refractivity contribution in [3.63, 3.8) is 0 Å². The fourth-order valence-corrected chi connectivity index (χ4v) is 4.02. The van der Waals surface area contributed by atoms with E-state index in [1.54, 1.807) is 0 Å². The molecular weight excluding hydrogens is 443 g/mol. The first-order chi connectivity index (χ1) is 14.7. The summed E-state index contributed by atoms with van der Waals surface area (Å²) in [7, 11) is -4.06. The third-order valence-corrected chi connectivity index (χ3v) is 6.00. The standard InChI is InChI=1S/C23H42O7S.Na/c1-2-3-4-5-6-7-8-9-10-11-12-13-14-16-21(17-15-20-31(27,28)29)30-23(26)19-18-22(24)25;/h18-19,21H,2-17,20H2,1H3,(H,24,25)(H,27,28,29);/q;+1/p-1/b19-18-;. The number of carboxylic acids is 1. The van der Waals surface area contributed by atoms with Gasteiger partial charge in [-0.1, -0.05) is 84.0 Å². The van der Waals surface area contributed by atoms with Crippen LogP contribution in [0.25, 0.3) is 0 Å². The van der Waals surface area contributed by atoms with Crippen molar-refractivity contribution in [3.05, 3.63) is 12.2 Å². The molecule has 0 amide bonds. The fourth-order valence-electron chi connectivity index (χ4n) is 3.49. The van der Waals surface area contributed by atoms with Gasteiger partial charge in [-0.3, -0.25) is 4.55 Å². The molecule has 182 valence electrons. The molecule has 0 bridgehead atoms. The first-order valence-electron chi connectivity index (χ1n) is 11.8. The third kappa shape index (κ3) is 25.8. The number of carboxylic acid groups (broad SMARTS) is 1. The van der Waals surface area contributed by atoms with E-state index in [4.69, 9.17) is 9.29 Å². The first-order valence-corrected chi connectivity index (χ1v) is 13.4. The van der Waals surface area contributed by atoms with Gasteiger partial charge in [0.1, 0.15) is 6.10 Å². The van der Waals surface area contributed by atoms with Crippen molar-refractivity contribution in [2.45, 2.75) is 116 Å². The average Bonchev–Trinajstić information content (AvgIpc) is 2.68. The zero-order chi connectivity index (χ0) is 23.4. The molecule has 1 N–H and O–H groups in total. The van der Waals surface area contributed by atoms with Crippen molar-refractivity contribution in [1.29, 1.82) is 0 Å². The predicted octanol–water partition coefficient (Wildman–Crippen LogP) is 1.36. The van der Waals surface area contributed by atoms with Gasteiger partial charge in [0.15, 0.2) is 0 Å². The third-order valence-electron chi connectivity index (χ3n) is 5.20. The van der Waals surface area contributed by atoms with Gasteiger partial charge in [0, 0.05) is 6.08 Å². The number of carbonyl (C=O) groups is 2. The molecule has 0 heterocycles. The van der Waals surface area contributed by atoms with Gasteiger partial charge in [0.2, 0.25) is 0 Å². The Kier molecular flexibility index (Phi) is 23.6. The quantitative estimate of drug-likeness (QED) is 0.0858. The first kappa shape index (κ1) is 33.8. The Balaban J connectivity index is 0. The van der Waals surface area contributed by atoms with Gasteiger partial charge in [-0.05, 0) is 31.8 Å². The van der Waals surface area contributed by atoms with Crippen LogP contribution in [0.2, 0.25) is 0 Å². The molecular formula is C23H41NaO7S. The summed E-state index contributed by atoms with van der Waals surface area (Å²) in [6.07, 6.45) is 17.9. The molecule has 0 aromatic heterocycles. The largest absolute Gasteiger partial charge is 1.00 e. The summed E-state index contributed by atoms with van der Waals surface area (Å²) in [5, 5.41) is 10.4. The topological polar surface area (TPSA) is 121 Å². The number of unbranched alkanes of at least 4 members (excludes halogenated alkanes) is 12. The maximum Gasteiger partial charge on any atom is 1.00 e. The van der Waals surface area contributed by atoms with E-state index in [1.165, 1.54) is 64.2 Å². The summed E-state index contributed by atoms with van der Waals surface area (Å²) >= 11 is 0. The Bertz CT molecular complexity index is 605. The summed E-state index contributed by atoms with van der Waals surface area (Å²) in [5.74, 6) is -2.68. The summed E-state index contributed by atoms with van der Waals surface area (Å²) in [6.45, 7) is 2.23. The molecule has 0 rings (SSSR count). The molecule has 7 nitrogen and oxygen atoms in total. The van der Waals surface area contributed by atoms with Crippen LogP contribution in [0.3, 0.4) is 0 Å². The van der Waals surface area contributed by atoms with E-state index in [2.05, 4.69) is 6.92 Å². The van der Waals surface area contributed by atoms with Crippen LogP contribution in [-0.2, 0) is 24.4 Å². The van der Waals surface area contributed by atoms with Crippen LogP contribution in [0.5, 0.6) is 0 Å². The Morgan fingerprint density at radius 2 is 1.25 bits per heavy atom. The molecule has 0 radical (unpaired) electrons. The summed E-state index contributed by atoms with van der Waals surface area (Å²) in [6, 6.07) is 0. The maximum absolute atomic E-state index is 11.7. The normalized spacial score (nSPS) is 12.4. The number of hydrogen-bond acceptors (Lipinski definition) is 6. The van der Waals surface area contributed by atoms with Crippen molar-refractivity contribution >= 4 is 22.1 Å². The molecule has 1 atom stereocenters. The number of esters is 1. The van der Waals surface area contributed by atoms with E-state index in [9.17, 15) is 23.1 Å². The molecule has 32 heavy (non-hydrogen) atoms. The average molecular weight is 485 g/mol. The number of rotatable bonds is 21. The minimum Gasteiger partial charge on any atom is -0.545 e. The van der Waals surface area contributed by atoms with E-state index in [0.29, 0.717) is 18.9 Å². The van der Waals surface area contributed by atoms with Crippen LogP contribution in [-0.4, -0.2) is 36.8 Å². The van der Waals surface area contributed by atoms with E-state index in [1.807, 2.05) is 0 Å². The van der Waals surface area contributed by atoms with Crippen LogP contribution >= 0.6 is 0 Å². The molecule has 0 aromatic rings. The van der Waals surface area contributed by atoms with Gasteiger partial charge in [-0.25, -0.2) is 4.79 Å². The van der Waals surface area contributed by atoms with Gasteiger partial charge < -0.3 is 14.6 Å². The Hall–Kier alpha value is -0.410. The molecule has 1 unspecified atom stereocenters. The SMILES string of the molecule is CCCCCCCCCCCCCCCC(CCCS(=O)(=O)O)OC(=O)/C=C\C(=O)[O-].[Na+]. The van der Waals surface area contributed by atoms with Crippen molar-refractivity contribution in [1.82, 2.24) is 0 Å². The van der Waals surface area contributed by atoms with Crippen molar-refractivity contribution in [2.24, 2.45) is 0 Å². The zero-order valence-electron chi connectivity index (χ0n) is 20.1. The second kappa shape index (κ2) is 22.4. The van der Waals surface area contributed by atoms with Crippen molar-refractivity contribution in [2.75, 3.05) is 5.75 Å². The van der Waals surface area contributed by atoms with E-state index >= 15 is 0 Å². The van der Waals surface area contributed by atoms with Gasteiger partial charge in [-0.15, -0.1) is 0 Å². The summed E-state index contributed by atoms with van der Waals surface area (Å²) in [5.41, 5.74) is 0. The van der Waals surface area contributed by atoms with E-state index in [-0.39, 0.29) is 36.0 Å². The van der Waals surface area contributed by atoms with Crippen molar-refractivity contribution in [3.8, 4) is 0 Å². The van der Waals surface area contributed by atoms with Crippen LogP contribution in [0, 0.1) is 0 Å². The summed E-state index contributed by atoms with van der Waals surface area (Å²) < 4.78 is 35.8. The van der Waals surface area contributed by atoms with Crippen LogP contribution < -0.4 is 34.7 Å². The summed E-state index contributed by atoms with van der Waals surface area (Å²) in [4.78, 5) is 22.1. The van der Waals surface area contributed by atoms with Crippen LogP contribution in [0.4, 0.5) is 0 Å². The fraction of sp³-hybridized carbons (Fsp3) is 0.826. The molecule has 0 saturated heterocycles. The van der Waals surface area contributed by atoms with Crippen LogP contribution in [0.15, 0.2) is 12.2 Å². The Morgan fingerprint density at radius 3 is 1.69 bits per heavy atom. The van der Waals surface area contributed by atoms with Gasteiger partial charge in [0.05, 0.1) is 11.7 Å². The molecule has 0 spiro atoms. The minimum absolute atomic E-state index is 0. The Morgan fingerprint density at radius 1 is 0.812 bits per heavy atom. The number of ether oxygens (including phenoxy) is 1.